The van der Waals surface area contributed by atoms with E-state index in [2.05, 4.69) is 39.8 Å². The summed E-state index contributed by atoms with van der Waals surface area (Å²) in [4.78, 5) is 2.55. The van der Waals surface area contributed by atoms with Crippen LogP contribution in [0.5, 0.6) is 0 Å². The van der Waals surface area contributed by atoms with Crippen molar-refractivity contribution in [2.45, 2.75) is 12.6 Å². The van der Waals surface area contributed by atoms with Crippen LogP contribution in [0.4, 0.5) is 5.69 Å². The maximum Gasteiger partial charge on any atom is 0.0539 e. The van der Waals surface area contributed by atoms with Crippen molar-refractivity contribution in [2.75, 3.05) is 31.1 Å². The van der Waals surface area contributed by atoms with Crippen LogP contribution in [0, 0.1) is 0 Å². The highest BCUT2D eigenvalue weighted by atomic mass is 15.2. The minimum absolute atomic E-state index is 0.613. The van der Waals surface area contributed by atoms with E-state index in [1.165, 1.54) is 11.3 Å². The molecule has 1 saturated heterocycles. The van der Waals surface area contributed by atoms with E-state index in [1.54, 1.807) is 0 Å². The van der Waals surface area contributed by atoms with Gasteiger partial charge in [-0.1, -0.05) is 18.2 Å². The number of rotatable bonds is 0. The Hall–Kier alpha value is -1.06. The third kappa shape index (κ3) is 1.62. The minimum Gasteiger partial charge on any atom is -0.364 e. The van der Waals surface area contributed by atoms with Gasteiger partial charge in [0.05, 0.1) is 6.04 Å². The zero-order valence-corrected chi connectivity index (χ0v) is 8.87. The molecule has 3 nitrogen and oxygen atoms in total. The molecule has 0 amide bonds. The second-order valence-electron chi connectivity index (χ2n) is 4.31. The molecule has 0 radical (unpaired) electrons. The molecule has 0 bridgehead atoms. The molecule has 0 aromatic heterocycles. The first-order valence-corrected chi connectivity index (χ1v) is 5.71. The van der Waals surface area contributed by atoms with Crippen LogP contribution >= 0.6 is 0 Å². The van der Waals surface area contributed by atoms with Gasteiger partial charge in [0, 0.05) is 38.4 Å². The summed E-state index contributed by atoms with van der Waals surface area (Å²) in [6, 6.07) is 9.36. The fraction of sp³-hybridized carbons (Fsp3) is 0.500. The van der Waals surface area contributed by atoms with Gasteiger partial charge in [-0.3, -0.25) is 0 Å². The van der Waals surface area contributed by atoms with Crippen molar-refractivity contribution in [1.82, 2.24) is 10.6 Å². The number of nitrogens with one attached hydrogen (secondary N) is 2. The van der Waals surface area contributed by atoms with Crippen LogP contribution in [0.2, 0.25) is 0 Å². The number of piperazine rings is 1. The van der Waals surface area contributed by atoms with E-state index in [0.717, 1.165) is 32.7 Å². The van der Waals surface area contributed by atoms with Crippen LogP contribution < -0.4 is 15.5 Å². The van der Waals surface area contributed by atoms with Crippen molar-refractivity contribution < 1.29 is 0 Å². The summed E-state index contributed by atoms with van der Waals surface area (Å²) in [6.45, 7) is 5.42. The molecule has 2 heterocycles. The maximum atomic E-state index is 3.52. The van der Waals surface area contributed by atoms with Gasteiger partial charge < -0.3 is 15.5 Å². The molecule has 2 N–H and O–H groups in total. The zero-order valence-electron chi connectivity index (χ0n) is 8.87. The predicted molar refractivity (Wildman–Crippen MR) is 62.2 cm³/mol. The first-order chi connectivity index (χ1) is 7.45. The second-order valence-corrected chi connectivity index (χ2v) is 4.31. The molecular weight excluding hydrogens is 186 g/mol. The van der Waals surface area contributed by atoms with E-state index in [1.807, 2.05) is 0 Å². The lowest BCUT2D eigenvalue weighted by atomic mass is 10.1. The van der Waals surface area contributed by atoms with E-state index in [4.69, 9.17) is 0 Å². The largest absolute Gasteiger partial charge is 0.364 e. The van der Waals surface area contributed by atoms with Crippen molar-refractivity contribution >= 4 is 5.69 Å². The molecule has 2 aliphatic heterocycles. The van der Waals surface area contributed by atoms with Gasteiger partial charge in [-0.25, -0.2) is 0 Å². The van der Waals surface area contributed by atoms with Crippen LogP contribution in [0.3, 0.4) is 0 Å². The smallest absolute Gasteiger partial charge is 0.0539 e. The van der Waals surface area contributed by atoms with E-state index in [-0.39, 0.29) is 0 Å². The Morgan fingerprint density at radius 2 is 2.00 bits per heavy atom. The average molecular weight is 203 g/mol. The van der Waals surface area contributed by atoms with Crippen LogP contribution in [0.15, 0.2) is 24.3 Å². The summed E-state index contributed by atoms with van der Waals surface area (Å²) in [7, 11) is 0. The Balaban J connectivity index is 1.99. The lowest BCUT2D eigenvalue weighted by Gasteiger charge is -2.37. The van der Waals surface area contributed by atoms with Crippen LogP contribution in [0.25, 0.3) is 0 Å². The van der Waals surface area contributed by atoms with E-state index in [9.17, 15) is 0 Å². The van der Waals surface area contributed by atoms with Gasteiger partial charge in [0.25, 0.3) is 0 Å². The fourth-order valence-electron chi connectivity index (χ4n) is 2.57. The summed E-state index contributed by atoms with van der Waals surface area (Å²) < 4.78 is 0. The number of fused-ring (bicyclic) bond motifs is 3. The summed E-state index contributed by atoms with van der Waals surface area (Å²) in [5, 5.41) is 6.98. The highest BCUT2D eigenvalue weighted by Gasteiger charge is 2.25. The zero-order chi connectivity index (χ0) is 10.1. The Bertz CT molecular complexity index is 350. The Morgan fingerprint density at radius 1 is 1.13 bits per heavy atom. The number of hydrogen-bond acceptors (Lipinski definition) is 3. The molecule has 1 atom stereocenters. The Morgan fingerprint density at radius 3 is 3.00 bits per heavy atom. The maximum absolute atomic E-state index is 3.52. The SMILES string of the molecule is c1ccc2c(c1)CNCC1CNCCN21. The molecule has 0 spiro atoms. The first kappa shape index (κ1) is 9.19. The summed E-state index contributed by atoms with van der Waals surface area (Å²) >= 11 is 0. The molecule has 1 aromatic rings. The standard InChI is InChI=1S/C12H17N3/c1-2-4-12-10(3-1)7-14-9-11-8-13-5-6-15(11)12/h1-4,11,13-14H,5-9H2. The third-order valence-electron chi connectivity index (χ3n) is 3.35. The van der Waals surface area contributed by atoms with Crippen molar-refractivity contribution in [1.29, 1.82) is 0 Å². The lowest BCUT2D eigenvalue weighted by molar-refractivity contribution is 0.461. The summed E-state index contributed by atoms with van der Waals surface area (Å²) in [6.07, 6.45) is 0. The molecule has 1 fully saturated rings. The van der Waals surface area contributed by atoms with Gasteiger partial charge in [0.15, 0.2) is 0 Å². The Labute approximate surface area is 90.5 Å². The van der Waals surface area contributed by atoms with Crippen molar-refractivity contribution in [3.63, 3.8) is 0 Å². The monoisotopic (exact) mass is 203 g/mol. The molecule has 3 rings (SSSR count). The average Bonchev–Trinajstić information content (AvgIpc) is 2.48. The van der Waals surface area contributed by atoms with Gasteiger partial charge in [-0.2, -0.15) is 0 Å². The first-order valence-electron chi connectivity index (χ1n) is 5.71. The van der Waals surface area contributed by atoms with E-state index in [0.29, 0.717) is 6.04 Å². The minimum atomic E-state index is 0.613. The molecule has 2 aliphatic rings. The predicted octanol–water partition coefficient (Wildman–Crippen LogP) is 0.568. The molecule has 1 unspecified atom stereocenters. The van der Waals surface area contributed by atoms with Gasteiger partial charge in [-0.05, 0) is 11.6 Å². The quantitative estimate of drug-likeness (QED) is 0.645. The van der Waals surface area contributed by atoms with Crippen molar-refractivity contribution in [3.8, 4) is 0 Å². The normalized spacial score (nSPS) is 25.3. The van der Waals surface area contributed by atoms with Gasteiger partial charge in [-0.15, -0.1) is 0 Å². The molecule has 3 heteroatoms. The molecular formula is C12H17N3. The fourth-order valence-corrected chi connectivity index (χ4v) is 2.57. The van der Waals surface area contributed by atoms with Crippen molar-refractivity contribution in [3.05, 3.63) is 29.8 Å². The van der Waals surface area contributed by atoms with Gasteiger partial charge >= 0.3 is 0 Å². The summed E-state index contributed by atoms with van der Waals surface area (Å²) in [5.41, 5.74) is 2.86. The highest BCUT2D eigenvalue weighted by molar-refractivity contribution is 5.55. The van der Waals surface area contributed by atoms with Crippen LogP contribution in [-0.4, -0.2) is 32.2 Å². The number of benzene rings is 1. The number of hydrogen-bond donors (Lipinski definition) is 2. The third-order valence-corrected chi connectivity index (χ3v) is 3.35. The lowest BCUT2D eigenvalue weighted by Crippen LogP contribution is -2.54. The second kappa shape index (κ2) is 3.83. The topological polar surface area (TPSA) is 27.3 Å². The van der Waals surface area contributed by atoms with E-state index < -0.39 is 0 Å². The Kier molecular flexibility index (Phi) is 2.35. The number of nitrogens with zero attached hydrogens (tertiary/aromatic N) is 1. The van der Waals surface area contributed by atoms with Crippen LogP contribution in [-0.2, 0) is 6.54 Å². The molecule has 15 heavy (non-hydrogen) atoms. The number of anilines is 1. The van der Waals surface area contributed by atoms with E-state index >= 15 is 0 Å². The molecule has 0 aliphatic carbocycles. The molecule has 0 saturated carbocycles. The van der Waals surface area contributed by atoms with Crippen molar-refractivity contribution in [2.24, 2.45) is 0 Å². The molecule has 80 valence electrons. The highest BCUT2D eigenvalue weighted by Crippen LogP contribution is 2.25. The molecule has 1 aromatic carbocycles. The van der Waals surface area contributed by atoms with Crippen LogP contribution in [0.1, 0.15) is 5.56 Å². The van der Waals surface area contributed by atoms with Gasteiger partial charge in [0.1, 0.15) is 0 Å². The number of para-hydroxylation sites is 1. The summed E-state index contributed by atoms with van der Waals surface area (Å²) in [5.74, 6) is 0. The van der Waals surface area contributed by atoms with Gasteiger partial charge in [0.2, 0.25) is 0 Å².